The molecule has 0 aliphatic carbocycles. The number of rotatable bonds is 8. The molecule has 0 saturated carbocycles. The first-order valence-electron chi connectivity index (χ1n) is 12.0. The van der Waals surface area contributed by atoms with Crippen LogP contribution in [0.1, 0.15) is 12.6 Å². The van der Waals surface area contributed by atoms with Gasteiger partial charge >= 0.3 is 0 Å². The van der Waals surface area contributed by atoms with Gasteiger partial charge in [-0.05, 0) is 62.4 Å². The van der Waals surface area contributed by atoms with E-state index in [1.165, 1.54) is 6.20 Å². The maximum Gasteiger partial charge on any atom is 0.263 e. The Morgan fingerprint density at radius 3 is 2.61 bits per heavy atom. The standard InChI is InChI=1S/C28H25N5O5/c1-4-37-23-8-6-5-7-22(23)30-24(34)16-33-15-21(25(35)20-14-9-17(2)29-27(20)33)28-31-26(32-38-28)18-10-12-19(36-3)13-11-18/h5-15H,4,16H2,1-3H3,(H,30,34). The number of hydrogen-bond donors (Lipinski definition) is 1. The van der Waals surface area contributed by atoms with Crippen LogP contribution >= 0.6 is 0 Å². The molecular weight excluding hydrogens is 486 g/mol. The van der Waals surface area contributed by atoms with Gasteiger partial charge in [0.2, 0.25) is 17.2 Å². The van der Waals surface area contributed by atoms with Gasteiger partial charge in [-0.25, -0.2) is 4.98 Å². The molecule has 0 saturated heterocycles. The van der Waals surface area contributed by atoms with Crippen LogP contribution in [-0.4, -0.2) is 39.3 Å². The Labute approximate surface area is 217 Å². The second kappa shape index (κ2) is 10.6. The molecule has 38 heavy (non-hydrogen) atoms. The van der Waals surface area contributed by atoms with E-state index in [0.29, 0.717) is 51.9 Å². The van der Waals surface area contributed by atoms with Gasteiger partial charge in [-0.3, -0.25) is 9.59 Å². The highest BCUT2D eigenvalue weighted by molar-refractivity contribution is 5.93. The Balaban J connectivity index is 1.52. The maximum atomic E-state index is 13.4. The van der Waals surface area contributed by atoms with Gasteiger partial charge in [-0.15, -0.1) is 0 Å². The van der Waals surface area contributed by atoms with Crippen LogP contribution in [0.25, 0.3) is 33.9 Å². The van der Waals surface area contributed by atoms with Gasteiger partial charge in [0.15, 0.2) is 0 Å². The molecule has 5 rings (SSSR count). The number of carbonyl (C=O) groups excluding carboxylic acids is 1. The topological polar surface area (TPSA) is 121 Å². The van der Waals surface area contributed by atoms with Crippen molar-refractivity contribution in [2.24, 2.45) is 0 Å². The minimum absolute atomic E-state index is 0.0409. The van der Waals surface area contributed by atoms with Crippen LogP contribution in [0.4, 0.5) is 5.69 Å². The molecule has 0 unspecified atom stereocenters. The van der Waals surface area contributed by atoms with Gasteiger partial charge in [0.25, 0.3) is 5.89 Å². The Morgan fingerprint density at radius 2 is 1.84 bits per heavy atom. The van der Waals surface area contributed by atoms with E-state index < -0.39 is 0 Å². The highest BCUT2D eigenvalue weighted by Crippen LogP contribution is 2.25. The van der Waals surface area contributed by atoms with Crippen molar-refractivity contribution in [3.05, 3.63) is 82.8 Å². The molecule has 0 fully saturated rings. The molecule has 0 bridgehead atoms. The van der Waals surface area contributed by atoms with Crippen molar-refractivity contribution < 1.29 is 18.8 Å². The van der Waals surface area contributed by atoms with Gasteiger partial charge in [-0.1, -0.05) is 17.3 Å². The Kier molecular flexibility index (Phi) is 6.86. The summed E-state index contributed by atoms with van der Waals surface area (Å²) < 4.78 is 17.9. The van der Waals surface area contributed by atoms with Crippen molar-refractivity contribution in [3.8, 4) is 34.3 Å². The highest BCUT2D eigenvalue weighted by atomic mass is 16.5. The van der Waals surface area contributed by atoms with E-state index in [1.807, 2.05) is 26.0 Å². The number of nitrogens with one attached hydrogen (secondary N) is 1. The maximum absolute atomic E-state index is 13.4. The van der Waals surface area contributed by atoms with Crippen molar-refractivity contribution in [1.82, 2.24) is 19.7 Å². The molecule has 0 aliphatic rings. The molecule has 0 atom stereocenters. The van der Waals surface area contributed by atoms with Crippen molar-refractivity contribution in [2.45, 2.75) is 20.4 Å². The largest absolute Gasteiger partial charge is 0.497 e. The van der Waals surface area contributed by atoms with Gasteiger partial charge in [-0.2, -0.15) is 4.98 Å². The van der Waals surface area contributed by atoms with Gasteiger partial charge in [0, 0.05) is 17.5 Å². The molecule has 10 heteroatoms. The lowest BCUT2D eigenvalue weighted by Crippen LogP contribution is -2.22. The SMILES string of the molecule is CCOc1ccccc1NC(=O)Cn1cc(-c2nc(-c3ccc(OC)cc3)no2)c(=O)c2ccc(C)nc21. The zero-order valence-electron chi connectivity index (χ0n) is 21.1. The van der Waals surface area contributed by atoms with E-state index in [0.717, 1.165) is 0 Å². The van der Waals surface area contributed by atoms with Gasteiger partial charge in [0.1, 0.15) is 29.3 Å². The number of amides is 1. The summed E-state index contributed by atoms with van der Waals surface area (Å²) in [5.41, 5.74) is 2.18. The lowest BCUT2D eigenvalue weighted by Gasteiger charge is -2.14. The lowest BCUT2D eigenvalue weighted by atomic mass is 10.1. The second-order valence-electron chi connectivity index (χ2n) is 8.45. The van der Waals surface area contributed by atoms with E-state index in [4.69, 9.17) is 14.0 Å². The number of anilines is 1. The van der Waals surface area contributed by atoms with Crippen molar-refractivity contribution in [3.63, 3.8) is 0 Å². The zero-order valence-corrected chi connectivity index (χ0v) is 21.1. The second-order valence-corrected chi connectivity index (χ2v) is 8.45. The minimum Gasteiger partial charge on any atom is -0.497 e. The van der Waals surface area contributed by atoms with Crippen LogP contribution in [-0.2, 0) is 11.3 Å². The van der Waals surface area contributed by atoms with Crippen LogP contribution < -0.4 is 20.2 Å². The predicted octanol–water partition coefficient (Wildman–Crippen LogP) is 4.47. The molecular formula is C28H25N5O5. The minimum atomic E-state index is -0.323. The van der Waals surface area contributed by atoms with E-state index in [-0.39, 0.29) is 29.3 Å². The summed E-state index contributed by atoms with van der Waals surface area (Å²) >= 11 is 0. The third kappa shape index (κ3) is 4.96. The number of benzene rings is 2. The van der Waals surface area contributed by atoms with E-state index in [2.05, 4.69) is 20.4 Å². The average Bonchev–Trinajstić information content (AvgIpc) is 3.41. The summed E-state index contributed by atoms with van der Waals surface area (Å²) in [4.78, 5) is 35.5. The summed E-state index contributed by atoms with van der Waals surface area (Å²) in [5, 5.41) is 7.26. The molecule has 3 aromatic heterocycles. The number of aromatic nitrogens is 4. The van der Waals surface area contributed by atoms with Crippen molar-refractivity contribution in [2.75, 3.05) is 19.0 Å². The number of ether oxygens (including phenoxy) is 2. The number of pyridine rings is 2. The van der Waals surface area contributed by atoms with Crippen LogP contribution in [0, 0.1) is 6.92 Å². The van der Waals surface area contributed by atoms with Gasteiger partial charge < -0.3 is 23.9 Å². The van der Waals surface area contributed by atoms with E-state index >= 15 is 0 Å². The fraction of sp³-hybridized carbons (Fsp3) is 0.179. The lowest BCUT2D eigenvalue weighted by molar-refractivity contribution is -0.116. The number of para-hydroxylation sites is 2. The normalized spacial score (nSPS) is 10.9. The van der Waals surface area contributed by atoms with E-state index in [1.54, 1.807) is 60.2 Å². The fourth-order valence-electron chi connectivity index (χ4n) is 4.02. The third-order valence-corrected chi connectivity index (χ3v) is 5.84. The number of fused-ring (bicyclic) bond motifs is 1. The fourth-order valence-corrected chi connectivity index (χ4v) is 4.02. The molecule has 1 N–H and O–H groups in total. The number of carbonyl (C=O) groups is 1. The summed E-state index contributed by atoms with van der Waals surface area (Å²) in [5.74, 6) is 1.31. The van der Waals surface area contributed by atoms with Crippen molar-refractivity contribution >= 4 is 22.6 Å². The summed E-state index contributed by atoms with van der Waals surface area (Å²) in [6.07, 6.45) is 1.52. The first-order chi connectivity index (χ1) is 18.5. The van der Waals surface area contributed by atoms with Crippen LogP contribution in [0.5, 0.6) is 11.5 Å². The number of nitrogens with zero attached hydrogens (tertiary/aromatic N) is 4. The summed E-state index contributed by atoms with van der Waals surface area (Å²) in [6, 6.07) is 17.8. The molecule has 1 amide bonds. The smallest absolute Gasteiger partial charge is 0.263 e. The first kappa shape index (κ1) is 24.7. The third-order valence-electron chi connectivity index (χ3n) is 5.84. The Morgan fingerprint density at radius 1 is 1.05 bits per heavy atom. The van der Waals surface area contributed by atoms with Crippen LogP contribution in [0.3, 0.4) is 0 Å². The highest BCUT2D eigenvalue weighted by Gasteiger charge is 2.19. The first-order valence-corrected chi connectivity index (χ1v) is 12.0. The Bertz CT molecular complexity index is 1670. The summed E-state index contributed by atoms with van der Waals surface area (Å²) in [6.45, 7) is 4.05. The summed E-state index contributed by atoms with van der Waals surface area (Å²) in [7, 11) is 1.58. The average molecular weight is 512 g/mol. The number of methoxy groups -OCH3 is 1. The Hall–Kier alpha value is -4.99. The quantitative estimate of drug-likeness (QED) is 0.324. The number of hydrogen-bond acceptors (Lipinski definition) is 8. The molecule has 3 heterocycles. The molecule has 10 nitrogen and oxygen atoms in total. The predicted molar refractivity (Wildman–Crippen MR) is 142 cm³/mol. The molecule has 2 aromatic carbocycles. The monoisotopic (exact) mass is 511 g/mol. The molecule has 5 aromatic rings. The molecule has 0 radical (unpaired) electrons. The molecule has 192 valence electrons. The molecule has 0 spiro atoms. The van der Waals surface area contributed by atoms with E-state index in [9.17, 15) is 9.59 Å². The van der Waals surface area contributed by atoms with Crippen LogP contribution in [0.15, 0.2) is 76.2 Å². The molecule has 0 aliphatic heterocycles. The zero-order chi connectivity index (χ0) is 26.6. The van der Waals surface area contributed by atoms with Crippen molar-refractivity contribution in [1.29, 1.82) is 0 Å². The number of aryl methyl sites for hydroxylation is 1. The van der Waals surface area contributed by atoms with Crippen LogP contribution in [0.2, 0.25) is 0 Å². The van der Waals surface area contributed by atoms with Gasteiger partial charge in [0.05, 0.1) is 24.8 Å².